The zero-order valence-corrected chi connectivity index (χ0v) is 45.9. The van der Waals surface area contributed by atoms with E-state index in [9.17, 15) is 0 Å². The Morgan fingerprint density at radius 1 is 0.560 bits per heavy atom. The van der Waals surface area contributed by atoms with Crippen molar-refractivity contribution in [2.24, 2.45) is 0 Å². The zero-order valence-electron chi connectivity index (χ0n) is 43.7. The Bertz CT molecular complexity index is 3880. The van der Waals surface area contributed by atoms with Crippen LogP contribution in [0.2, 0.25) is 0 Å². The summed E-state index contributed by atoms with van der Waals surface area (Å²) in [5.41, 5.74) is 14.7. The number of halogens is 2. The Balaban J connectivity index is 0.00000641. The molecule has 0 fully saturated rings. The Hall–Kier alpha value is -7.56. The van der Waals surface area contributed by atoms with Crippen molar-refractivity contribution in [3.05, 3.63) is 216 Å². The molecule has 0 radical (unpaired) electrons. The second kappa shape index (κ2) is 20.3. The minimum atomic E-state index is -0.651. The second-order valence-corrected chi connectivity index (χ2v) is 21.4. The average molecular weight is 1170 g/mol. The molecule has 0 aliphatic carbocycles. The summed E-state index contributed by atoms with van der Waals surface area (Å²) in [6, 6.07) is 65.1. The van der Waals surface area contributed by atoms with Crippen LogP contribution in [0.4, 0.5) is 31.5 Å². The van der Waals surface area contributed by atoms with E-state index in [1.54, 1.807) is 0 Å². The van der Waals surface area contributed by atoms with E-state index in [1.165, 1.54) is 34.4 Å². The second-order valence-electron chi connectivity index (χ2n) is 21.4. The van der Waals surface area contributed by atoms with Crippen LogP contribution in [0.3, 0.4) is 0 Å². The van der Waals surface area contributed by atoms with Gasteiger partial charge in [-0.3, -0.25) is 0 Å². The van der Waals surface area contributed by atoms with Crippen LogP contribution < -0.4 is 13.9 Å². The van der Waals surface area contributed by atoms with Gasteiger partial charge in [-0.1, -0.05) is 163 Å². The van der Waals surface area contributed by atoms with Crippen molar-refractivity contribution >= 4 is 50.6 Å². The van der Waals surface area contributed by atoms with Gasteiger partial charge in [0, 0.05) is 41.4 Å². The maximum atomic E-state index is 15.3. The van der Waals surface area contributed by atoms with Crippen LogP contribution in [0.25, 0.3) is 61.0 Å². The van der Waals surface area contributed by atoms with Crippen molar-refractivity contribution in [2.75, 3.05) is 0 Å². The number of pyridine rings is 1. The molecule has 0 N–H and O–H groups in total. The molecular weight excluding hydrogens is 1110 g/mol. The van der Waals surface area contributed by atoms with Gasteiger partial charge in [0.2, 0.25) is 5.69 Å². The fourth-order valence-electron chi connectivity index (χ4n) is 10.3. The van der Waals surface area contributed by atoms with Crippen molar-refractivity contribution in [3.8, 4) is 50.7 Å². The first kappa shape index (κ1) is 50.9. The summed E-state index contributed by atoms with van der Waals surface area (Å²) in [5, 5.41) is 2.13. The van der Waals surface area contributed by atoms with Gasteiger partial charge < -0.3 is 9.30 Å². The SMILES string of the molecule is CC(C)c1cc(-c2cccc(-c3cc(F)cc(F)c3)c2[N+]2=C=[N+](c3[c-]c(Oc4[c-]c5c(cc4)c4ccccc4n5-c4cc(C(C)(C)C)ccn4)cc(-c4ccccc4C(C)C)c3)c3ccccc32)cc(C(C)C)c1.[Pt+2]. The van der Waals surface area contributed by atoms with Crippen LogP contribution in [-0.4, -0.2) is 15.6 Å². The monoisotopic (exact) mass is 1170 g/mol. The number of nitrogens with zero attached hydrogens (tertiary/aromatic N) is 4. The summed E-state index contributed by atoms with van der Waals surface area (Å²) in [6.07, 6.45) is 1.88. The van der Waals surface area contributed by atoms with Crippen molar-refractivity contribution in [1.82, 2.24) is 18.7 Å². The predicted octanol–water partition coefficient (Wildman–Crippen LogP) is 18.4. The molecule has 5 nitrogen and oxygen atoms in total. The number of hydrogen-bond acceptors (Lipinski definition) is 2. The quantitative estimate of drug-likeness (QED) is 0.0955. The summed E-state index contributed by atoms with van der Waals surface area (Å²) < 4.78 is 43.7. The Kier molecular flexibility index (Phi) is 13.8. The van der Waals surface area contributed by atoms with Crippen molar-refractivity contribution in [3.63, 3.8) is 0 Å². The van der Waals surface area contributed by atoms with Gasteiger partial charge in [-0.25, -0.2) is 13.8 Å². The number of aromatic nitrogens is 2. The molecule has 75 heavy (non-hydrogen) atoms. The number of rotatable bonds is 11. The van der Waals surface area contributed by atoms with Crippen LogP contribution in [-0.2, 0) is 26.5 Å². The Morgan fingerprint density at radius 3 is 1.85 bits per heavy atom. The van der Waals surface area contributed by atoms with Crippen LogP contribution in [0.15, 0.2) is 170 Å². The first-order chi connectivity index (χ1) is 35.6. The topological polar surface area (TPSA) is 33.1 Å². The van der Waals surface area contributed by atoms with Gasteiger partial charge in [-0.15, -0.1) is 29.1 Å². The molecule has 0 amide bonds. The van der Waals surface area contributed by atoms with Gasteiger partial charge in [0.1, 0.15) is 23.1 Å². The minimum Gasteiger partial charge on any atom is -0.509 e. The van der Waals surface area contributed by atoms with Crippen LogP contribution in [0.5, 0.6) is 11.5 Å². The summed E-state index contributed by atoms with van der Waals surface area (Å²) >= 11 is 0. The van der Waals surface area contributed by atoms with Gasteiger partial charge in [0.15, 0.2) is 0 Å². The standard InChI is InChI=1S/C67H58F2N4O.Pt/c1-41(2)44-29-45(42(3)4)31-46(30-44)57-20-16-21-58(47-32-50(68)37-51(69)33-47)66(57)72-40-71(62-23-14-15-24-63(62)72)52-34-48(56-18-11-10-17-55(56)43(5)6)35-54(38-52)74-53-25-26-60-59-19-12-13-22-61(59)73(64(60)39-53)65-36-49(27-28-70-65)67(7,8)9;/h10-37,41-43H,1-9H3;/q;+2. The molecule has 8 heteroatoms. The number of hydrogen-bond donors (Lipinski definition) is 0. The number of fused-ring (bicyclic) bond motifs is 4. The molecular formula is C67H58F2N4OPt+2. The van der Waals surface area contributed by atoms with Crippen LogP contribution in [0, 0.1) is 23.8 Å². The van der Waals surface area contributed by atoms with Crippen molar-refractivity contribution in [2.45, 2.75) is 85.5 Å². The summed E-state index contributed by atoms with van der Waals surface area (Å²) in [6.45, 7) is 19.9. The molecule has 0 bridgehead atoms. The van der Waals surface area contributed by atoms with Crippen molar-refractivity contribution in [1.29, 1.82) is 0 Å². The van der Waals surface area contributed by atoms with E-state index < -0.39 is 11.6 Å². The maximum absolute atomic E-state index is 15.3. The number of ether oxygens (including phenoxy) is 1. The zero-order chi connectivity index (χ0) is 51.6. The predicted molar refractivity (Wildman–Crippen MR) is 301 cm³/mol. The molecule has 8 aromatic carbocycles. The largest absolute Gasteiger partial charge is 2.00 e. The molecule has 0 atom stereocenters. The van der Waals surface area contributed by atoms with Crippen LogP contribution in [0.1, 0.15) is 102 Å². The molecule has 0 unspecified atom stereocenters. The third-order valence-electron chi connectivity index (χ3n) is 14.2. The van der Waals surface area contributed by atoms with Gasteiger partial charge in [0.05, 0.1) is 11.1 Å². The van der Waals surface area contributed by atoms with E-state index in [0.29, 0.717) is 28.3 Å². The Morgan fingerprint density at radius 2 is 1.17 bits per heavy atom. The molecule has 0 spiro atoms. The van der Waals surface area contributed by atoms with E-state index in [0.717, 1.165) is 73.0 Å². The van der Waals surface area contributed by atoms with Gasteiger partial charge >= 0.3 is 27.1 Å². The summed E-state index contributed by atoms with van der Waals surface area (Å²) in [7, 11) is 0. The first-order valence-electron chi connectivity index (χ1n) is 25.6. The molecule has 3 heterocycles. The molecule has 0 saturated heterocycles. The third kappa shape index (κ3) is 9.72. The summed E-state index contributed by atoms with van der Waals surface area (Å²) in [5.74, 6) is 1.29. The average Bonchev–Trinajstić information content (AvgIpc) is 3.95. The fraction of sp³-hybridized carbons (Fsp3) is 0.194. The Labute approximate surface area is 453 Å². The van der Waals surface area contributed by atoms with Crippen LogP contribution >= 0.6 is 0 Å². The first-order valence-corrected chi connectivity index (χ1v) is 25.6. The number of para-hydroxylation sites is 4. The molecule has 374 valence electrons. The van der Waals surface area contributed by atoms with E-state index in [2.05, 4.69) is 194 Å². The van der Waals surface area contributed by atoms with Gasteiger partial charge in [-0.05, 0) is 115 Å². The smallest absolute Gasteiger partial charge is 0.509 e. The normalized spacial score (nSPS) is 12.4. The molecule has 1 aliphatic rings. The molecule has 11 rings (SSSR count). The molecule has 0 saturated carbocycles. The molecule has 10 aromatic rings. The minimum absolute atomic E-state index is 0. The van der Waals surface area contributed by atoms with E-state index in [-0.39, 0.29) is 44.2 Å². The van der Waals surface area contributed by atoms with E-state index in [4.69, 9.17) is 9.72 Å². The third-order valence-corrected chi connectivity index (χ3v) is 14.2. The van der Waals surface area contributed by atoms with E-state index in [1.807, 2.05) is 51.7 Å². The number of benzene rings is 8. The molecule has 1 aliphatic heterocycles. The van der Waals surface area contributed by atoms with Crippen molar-refractivity contribution < 1.29 is 34.6 Å². The van der Waals surface area contributed by atoms with Gasteiger partial charge in [0.25, 0.3) is 11.4 Å². The van der Waals surface area contributed by atoms with E-state index >= 15 is 8.78 Å². The maximum Gasteiger partial charge on any atom is 2.00 e. The molecule has 2 aromatic heterocycles. The van der Waals surface area contributed by atoms with Gasteiger partial charge in [-0.2, -0.15) is 6.07 Å². The fourth-order valence-corrected chi connectivity index (χ4v) is 10.3. The summed E-state index contributed by atoms with van der Waals surface area (Å²) in [4.78, 5) is 4.90.